The molecule has 2 N–H and O–H groups in total. The molecular weight excluding hydrogens is 283 g/mol. The number of rotatable bonds is 2. The summed E-state index contributed by atoms with van der Waals surface area (Å²) in [5.41, 5.74) is 1.96. The summed E-state index contributed by atoms with van der Waals surface area (Å²) in [6.45, 7) is 0. The third-order valence-electron chi connectivity index (χ3n) is 2.00. The van der Waals surface area contributed by atoms with Gasteiger partial charge >= 0.3 is 5.97 Å². The summed E-state index contributed by atoms with van der Waals surface area (Å²) in [6.07, 6.45) is -0.0842. The highest BCUT2D eigenvalue weighted by molar-refractivity contribution is 9.10. The molecule has 0 spiro atoms. The quantitative estimate of drug-likeness (QED) is 0.893. The molecule has 0 unspecified atom stereocenters. The maximum absolute atomic E-state index is 10.7. The molecule has 1 aromatic heterocycles. The van der Waals surface area contributed by atoms with Gasteiger partial charge in [-0.25, -0.2) is 4.98 Å². The molecule has 1 heterocycles. The first-order valence-corrected chi connectivity index (χ1v) is 5.29. The number of H-pyrrole nitrogens is 1. The van der Waals surface area contributed by atoms with Crippen molar-refractivity contribution in [3.05, 3.63) is 27.5 Å². The molecule has 0 saturated heterocycles. The molecule has 0 atom stereocenters. The van der Waals surface area contributed by atoms with Crippen LogP contribution in [-0.2, 0) is 11.2 Å². The first kappa shape index (κ1) is 10.4. The molecular formula is C9H6BrClN2O2. The van der Waals surface area contributed by atoms with E-state index in [1.165, 1.54) is 0 Å². The Labute approximate surface area is 98.4 Å². The number of halogens is 2. The second-order valence-corrected chi connectivity index (χ2v) is 4.23. The minimum Gasteiger partial charge on any atom is -0.481 e. The molecule has 15 heavy (non-hydrogen) atoms. The van der Waals surface area contributed by atoms with Crippen molar-refractivity contribution in [3.63, 3.8) is 0 Å². The van der Waals surface area contributed by atoms with Crippen LogP contribution in [0, 0.1) is 0 Å². The van der Waals surface area contributed by atoms with Crippen LogP contribution in [0.5, 0.6) is 0 Å². The summed E-state index contributed by atoms with van der Waals surface area (Å²) >= 11 is 9.01. The number of carboxylic acid groups (broad SMARTS) is 1. The number of benzene rings is 1. The van der Waals surface area contributed by atoms with Gasteiger partial charge in [-0.3, -0.25) is 4.79 Å². The first-order chi connectivity index (χ1) is 7.08. The molecule has 6 heteroatoms. The standard InChI is InChI=1S/C9H6BrClN2O2/c10-5-1-2-6-8(13-9(11)12-6)4(5)3-7(14)15/h1-2H,3H2,(H,12,13)(H,14,15). The number of aromatic amines is 1. The number of imidazole rings is 1. The number of carboxylic acids is 1. The molecule has 0 amide bonds. The van der Waals surface area contributed by atoms with Gasteiger partial charge in [0.05, 0.1) is 17.5 Å². The topological polar surface area (TPSA) is 66.0 Å². The zero-order valence-electron chi connectivity index (χ0n) is 7.42. The molecule has 2 rings (SSSR count). The SMILES string of the molecule is O=C(O)Cc1c(Br)ccc2[nH]c(Cl)nc12. The maximum atomic E-state index is 10.7. The molecule has 0 fully saturated rings. The number of aliphatic carboxylic acids is 1. The number of carbonyl (C=O) groups is 1. The van der Waals surface area contributed by atoms with E-state index in [9.17, 15) is 4.79 Å². The summed E-state index contributed by atoms with van der Waals surface area (Å²) in [7, 11) is 0. The Balaban J connectivity index is 2.67. The first-order valence-electron chi connectivity index (χ1n) is 4.12. The van der Waals surface area contributed by atoms with Gasteiger partial charge in [0.25, 0.3) is 0 Å². The number of hydrogen-bond donors (Lipinski definition) is 2. The van der Waals surface area contributed by atoms with E-state index >= 15 is 0 Å². The monoisotopic (exact) mass is 288 g/mol. The molecule has 0 aliphatic carbocycles. The van der Waals surface area contributed by atoms with Crippen LogP contribution in [-0.4, -0.2) is 21.0 Å². The Morgan fingerprint density at radius 3 is 3.00 bits per heavy atom. The van der Waals surface area contributed by atoms with Gasteiger partial charge in [0.2, 0.25) is 5.28 Å². The summed E-state index contributed by atoms with van der Waals surface area (Å²) < 4.78 is 0.723. The van der Waals surface area contributed by atoms with Gasteiger partial charge in [0, 0.05) is 10.0 Å². The van der Waals surface area contributed by atoms with Gasteiger partial charge in [0.1, 0.15) is 0 Å². The van der Waals surface area contributed by atoms with E-state index in [4.69, 9.17) is 16.7 Å². The van der Waals surface area contributed by atoms with E-state index < -0.39 is 5.97 Å². The minimum absolute atomic E-state index is 0.0842. The molecule has 0 aliphatic rings. The Bertz CT molecular complexity index is 538. The highest BCUT2D eigenvalue weighted by Crippen LogP contribution is 2.26. The molecule has 78 valence electrons. The van der Waals surface area contributed by atoms with Crippen molar-refractivity contribution < 1.29 is 9.90 Å². The summed E-state index contributed by atoms with van der Waals surface area (Å²) in [5, 5.41) is 9.02. The van der Waals surface area contributed by atoms with E-state index in [0.717, 1.165) is 9.99 Å². The third-order valence-corrected chi connectivity index (χ3v) is 2.92. The highest BCUT2D eigenvalue weighted by Gasteiger charge is 2.12. The number of hydrogen-bond acceptors (Lipinski definition) is 2. The summed E-state index contributed by atoms with van der Waals surface area (Å²) in [5.74, 6) is -0.901. The van der Waals surface area contributed by atoms with Gasteiger partial charge in [-0.1, -0.05) is 15.9 Å². The lowest BCUT2D eigenvalue weighted by atomic mass is 10.1. The van der Waals surface area contributed by atoms with E-state index in [0.29, 0.717) is 11.1 Å². The zero-order valence-corrected chi connectivity index (χ0v) is 9.76. The average molecular weight is 290 g/mol. The fourth-order valence-electron chi connectivity index (χ4n) is 1.40. The Hall–Kier alpha value is -1.07. The maximum Gasteiger partial charge on any atom is 0.307 e. The van der Waals surface area contributed by atoms with Gasteiger partial charge in [-0.15, -0.1) is 0 Å². The predicted octanol–water partition coefficient (Wildman–Crippen LogP) is 2.61. The van der Waals surface area contributed by atoms with Crippen molar-refractivity contribution in [1.82, 2.24) is 9.97 Å². The van der Waals surface area contributed by atoms with Crippen LogP contribution in [0.4, 0.5) is 0 Å². The Kier molecular flexibility index (Phi) is 2.67. The van der Waals surface area contributed by atoms with Crippen molar-refractivity contribution in [2.45, 2.75) is 6.42 Å². The number of nitrogens with zero attached hydrogens (tertiary/aromatic N) is 1. The zero-order chi connectivity index (χ0) is 11.0. The lowest BCUT2D eigenvalue weighted by Crippen LogP contribution is -2.01. The fourth-order valence-corrected chi connectivity index (χ4v) is 2.04. The number of fused-ring (bicyclic) bond motifs is 1. The molecule has 2 aromatic rings. The highest BCUT2D eigenvalue weighted by atomic mass is 79.9. The van der Waals surface area contributed by atoms with Gasteiger partial charge in [-0.2, -0.15) is 0 Å². The molecule has 0 aliphatic heterocycles. The predicted molar refractivity (Wildman–Crippen MR) is 60.1 cm³/mol. The van der Waals surface area contributed by atoms with Crippen LogP contribution in [0.25, 0.3) is 11.0 Å². The van der Waals surface area contributed by atoms with E-state index in [1.54, 1.807) is 12.1 Å². The molecule has 4 nitrogen and oxygen atoms in total. The number of aromatic nitrogens is 2. The van der Waals surface area contributed by atoms with Gasteiger partial charge in [-0.05, 0) is 23.7 Å². The van der Waals surface area contributed by atoms with E-state index in [2.05, 4.69) is 25.9 Å². The molecule has 0 saturated carbocycles. The van der Waals surface area contributed by atoms with Crippen LogP contribution in [0.3, 0.4) is 0 Å². The average Bonchev–Trinajstić information content (AvgIpc) is 2.51. The fraction of sp³-hybridized carbons (Fsp3) is 0.111. The largest absolute Gasteiger partial charge is 0.481 e. The Morgan fingerprint density at radius 2 is 2.33 bits per heavy atom. The van der Waals surface area contributed by atoms with Crippen molar-refractivity contribution >= 4 is 44.5 Å². The Morgan fingerprint density at radius 1 is 1.60 bits per heavy atom. The number of nitrogens with one attached hydrogen (secondary N) is 1. The molecule has 0 radical (unpaired) electrons. The van der Waals surface area contributed by atoms with Crippen LogP contribution in [0.15, 0.2) is 16.6 Å². The molecule has 1 aromatic carbocycles. The van der Waals surface area contributed by atoms with Crippen molar-refractivity contribution in [2.75, 3.05) is 0 Å². The lowest BCUT2D eigenvalue weighted by molar-refractivity contribution is -0.136. The van der Waals surface area contributed by atoms with E-state index in [-0.39, 0.29) is 11.7 Å². The smallest absolute Gasteiger partial charge is 0.307 e. The van der Waals surface area contributed by atoms with E-state index in [1.807, 2.05) is 0 Å². The second kappa shape index (κ2) is 3.83. The van der Waals surface area contributed by atoms with Crippen LogP contribution < -0.4 is 0 Å². The summed E-state index contributed by atoms with van der Waals surface area (Å²) in [4.78, 5) is 17.6. The van der Waals surface area contributed by atoms with Crippen LogP contribution in [0.1, 0.15) is 5.56 Å². The van der Waals surface area contributed by atoms with Crippen molar-refractivity contribution in [1.29, 1.82) is 0 Å². The third kappa shape index (κ3) is 1.98. The van der Waals surface area contributed by atoms with Crippen molar-refractivity contribution in [2.24, 2.45) is 0 Å². The minimum atomic E-state index is -0.901. The van der Waals surface area contributed by atoms with Crippen molar-refractivity contribution in [3.8, 4) is 0 Å². The summed E-state index contributed by atoms with van der Waals surface area (Å²) in [6, 6.07) is 3.57. The normalized spacial score (nSPS) is 10.8. The van der Waals surface area contributed by atoms with Crippen LogP contribution in [0.2, 0.25) is 5.28 Å². The molecule has 0 bridgehead atoms. The van der Waals surface area contributed by atoms with Gasteiger partial charge in [0.15, 0.2) is 0 Å². The van der Waals surface area contributed by atoms with Crippen LogP contribution >= 0.6 is 27.5 Å². The van der Waals surface area contributed by atoms with Gasteiger partial charge < -0.3 is 10.1 Å². The second-order valence-electron chi connectivity index (χ2n) is 3.02. The lowest BCUT2D eigenvalue weighted by Gasteiger charge is -2.01.